The quantitative estimate of drug-likeness (QED) is 0.729. The largest absolute Gasteiger partial charge is 0.313 e. The summed E-state index contributed by atoms with van der Waals surface area (Å²) in [5.41, 5.74) is 2.31. The Hall–Kier alpha value is -1.15. The van der Waals surface area contributed by atoms with Crippen LogP contribution in [0, 0.1) is 5.82 Å². The van der Waals surface area contributed by atoms with Crippen LogP contribution in [0.1, 0.15) is 31.4 Å². The van der Waals surface area contributed by atoms with Crippen molar-refractivity contribution in [3.63, 3.8) is 0 Å². The molecule has 82 valence electrons. The van der Waals surface area contributed by atoms with Gasteiger partial charge in [-0.3, -0.25) is 0 Å². The van der Waals surface area contributed by atoms with Gasteiger partial charge in [-0.15, -0.1) is 0 Å². The van der Waals surface area contributed by atoms with Crippen LogP contribution in [-0.2, 0) is 0 Å². The zero-order valence-corrected chi connectivity index (χ0v) is 9.39. The van der Waals surface area contributed by atoms with Crippen LogP contribution in [0.15, 0.2) is 36.4 Å². The first-order valence-corrected chi connectivity index (χ1v) is 5.26. The maximum atomic E-state index is 12.7. The molecule has 0 bridgehead atoms. The summed E-state index contributed by atoms with van der Waals surface area (Å²) in [5, 5.41) is 3.22. The van der Waals surface area contributed by atoms with Crippen molar-refractivity contribution in [2.75, 3.05) is 7.05 Å². The average molecular weight is 207 g/mol. The van der Waals surface area contributed by atoms with Crippen LogP contribution >= 0.6 is 0 Å². The van der Waals surface area contributed by atoms with Gasteiger partial charge in [0, 0.05) is 6.04 Å². The fourth-order valence-electron chi connectivity index (χ4n) is 1.51. The van der Waals surface area contributed by atoms with Gasteiger partial charge in [-0.2, -0.15) is 0 Å². The molecule has 1 N–H and O–H groups in total. The van der Waals surface area contributed by atoms with Gasteiger partial charge in [-0.1, -0.05) is 31.2 Å². The molecule has 0 fully saturated rings. The van der Waals surface area contributed by atoms with Gasteiger partial charge < -0.3 is 5.32 Å². The first-order valence-electron chi connectivity index (χ1n) is 5.26. The summed E-state index contributed by atoms with van der Waals surface area (Å²) in [4.78, 5) is 0. The molecule has 0 heterocycles. The minimum atomic E-state index is -0.192. The van der Waals surface area contributed by atoms with E-state index in [4.69, 9.17) is 0 Å². The maximum absolute atomic E-state index is 12.7. The Balaban J connectivity index is 2.74. The number of hydrogen-bond donors (Lipinski definition) is 1. The molecule has 0 saturated carbocycles. The predicted octanol–water partition coefficient (Wildman–Crippen LogP) is 3.44. The van der Waals surface area contributed by atoms with E-state index in [0.717, 1.165) is 18.4 Å². The zero-order valence-electron chi connectivity index (χ0n) is 9.39. The number of rotatable bonds is 5. The van der Waals surface area contributed by atoms with Crippen molar-refractivity contribution in [3.8, 4) is 0 Å². The van der Waals surface area contributed by atoms with Crippen LogP contribution in [-0.4, -0.2) is 7.05 Å². The van der Waals surface area contributed by atoms with Crippen LogP contribution < -0.4 is 5.32 Å². The van der Waals surface area contributed by atoms with Crippen molar-refractivity contribution < 1.29 is 4.39 Å². The average Bonchev–Trinajstić information content (AvgIpc) is 2.27. The summed E-state index contributed by atoms with van der Waals surface area (Å²) >= 11 is 0. The van der Waals surface area contributed by atoms with Gasteiger partial charge in [0.1, 0.15) is 5.82 Å². The van der Waals surface area contributed by atoms with E-state index < -0.39 is 0 Å². The molecule has 1 nitrogen and oxygen atoms in total. The van der Waals surface area contributed by atoms with E-state index in [2.05, 4.69) is 18.8 Å². The van der Waals surface area contributed by atoms with Gasteiger partial charge in [0.2, 0.25) is 0 Å². The molecule has 0 spiro atoms. The van der Waals surface area contributed by atoms with E-state index in [1.807, 2.05) is 19.2 Å². The molecule has 0 amide bonds. The van der Waals surface area contributed by atoms with Crippen molar-refractivity contribution in [2.45, 2.75) is 25.8 Å². The first-order chi connectivity index (χ1) is 7.17. The van der Waals surface area contributed by atoms with E-state index in [9.17, 15) is 4.39 Å². The molecule has 0 radical (unpaired) electrons. The number of hydrogen-bond acceptors (Lipinski definition) is 1. The molecule has 15 heavy (non-hydrogen) atoms. The Bertz CT molecular complexity index is 316. The van der Waals surface area contributed by atoms with Crippen molar-refractivity contribution in [1.82, 2.24) is 5.32 Å². The van der Waals surface area contributed by atoms with Crippen LogP contribution in [0.3, 0.4) is 0 Å². The third kappa shape index (κ3) is 3.48. The molecule has 1 aromatic rings. The molecule has 0 aliphatic heterocycles. The summed E-state index contributed by atoms with van der Waals surface area (Å²) in [7, 11) is 1.91. The number of nitrogens with one attached hydrogen (secondary N) is 1. The standard InChI is InChI=1S/C13H18FN/c1-4-10(2)9-13(15-3)11-5-7-12(14)8-6-11/h5-8,13,15H,2,4,9H2,1,3H3. The Labute approximate surface area is 91.0 Å². The fourth-order valence-corrected chi connectivity index (χ4v) is 1.51. The van der Waals surface area contributed by atoms with Gasteiger partial charge in [-0.25, -0.2) is 4.39 Å². The SMILES string of the molecule is C=C(CC)CC(NC)c1ccc(F)cc1. The lowest BCUT2D eigenvalue weighted by Crippen LogP contribution is -2.16. The highest BCUT2D eigenvalue weighted by Gasteiger charge is 2.09. The predicted molar refractivity (Wildman–Crippen MR) is 62.2 cm³/mol. The van der Waals surface area contributed by atoms with Crippen molar-refractivity contribution in [3.05, 3.63) is 47.8 Å². The molecular formula is C13H18FN. The monoisotopic (exact) mass is 207 g/mol. The molecule has 1 atom stereocenters. The molecule has 2 heteroatoms. The van der Waals surface area contributed by atoms with Crippen molar-refractivity contribution >= 4 is 0 Å². The molecule has 1 rings (SSSR count). The Morgan fingerprint density at radius 2 is 2.00 bits per heavy atom. The summed E-state index contributed by atoms with van der Waals surface area (Å²) in [6.07, 6.45) is 1.89. The maximum Gasteiger partial charge on any atom is 0.123 e. The molecule has 1 aromatic carbocycles. The van der Waals surface area contributed by atoms with Crippen molar-refractivity contribution in [1.29, 1.82) is 0 Å². The minimum absolute atomic E-state index is 0.192. The molecule has 0 aliphatic carbocycles. The second kappa shape index (κ2) is 5.66. The lowest BCUT2D eigenvalue weighted by Gasteiger charge is -2.17. The fraction of sp³-hybridized carbons (Fsp3) is 0.385. The van der Waals surface area contributed by atoms with Crippen LogP contribution in [0.25, 0.3) is 0 Å². The molecule has 0 aliphatic rings. The van der Waals surface area contributed by atoms with Gasteiger partial charge in [-0.05, 0) is 37.6 Å². The normalized spacial score (nSPS) is 12.5. The lowest BCUT2D eigenvalue weighted by atomic mass is 9.99. The smallest absolute Gasteiger partial charge is 0.123 e. The second-order valence-corrected chi connectivity index (χ2v) is 3.70. The van der Waals surface area contributed by atoms with E-state index in [1.54, 1.807) is 0 Å². The summed E-state index contributed by atoms with van der Waals surface area (Å²) in [5.74, 6) is -0.192. The van der Waals surface area contributed by atoms with Crippen LogP contribution in [0.4, 0.5) is 4.39 Å². The highest BCUT2D eigenvalue weighted by molar-refractivity contribution is 5.21. The van der Waals surface area contributed by atoms with Gasteiger partial charge >= 0.3 is 0 Å². The highest BCUT2D eigenvalue weighted by atomic mass is 19.1. The molecule has 0 saturated heterocycles. The first kappa shape index (κ1) is 11.9. The molecule has 1 unspecified atom stereocenters. The van der Waals surface area contributed by atoms with E-state index in [1.165, 1.54) is 17.7 Å². The van der Waals surface area contributed by atoms with E-state index in [0.29, 0.717) is 0 Å². The lowest BCUT2D eigenvalue weighted by molar-refractivity contribution is 0.578. The topological polar surface area (TPSA) is 12.0 Å². The highest BCUT2D eigenvalue weighted by Crippen LogP contribution is 2.21. The van der Waals surface area contributed by atoms with Gasteiger partial charge in [0.15, 0.2) is 0 Å². The zero-order chi connectivity index (χ0) is 11.3. The molecular weight excluding hydrogens is 189 g/mol. The molecule has 0 aromatic heterocycles. The Morgan fingerprint density at radius 3 is 2.47 bits per heavy atom. The van der Waals surface area contributed by atoms with Gasteiger partial charge in [0.25, 0.3) is 0 Å². The summed E-state index contributed by atoms with van der Waals surface area (Å²) < 4.78 is 12.7. The Kier molecular flexibility index (Phi) is 4.50. The van der Waals surface area contributed by atoms with Crippen LogP contribution in [0.2, 0.25) is 0 Å². The summed E-state index contributed by atoms with van der Waals surface area (Å²) in [6, 6.07) is 6.86. The number of halogens is 1. The van der Waals surface area contributed by atoms with Gasteiger partial charge in [0.05, 0.1) is 0 Å². The minimum Gasteiger partial charge on any atom is -0.313 e. The third-order valence-electron chi connectivity index (χ3n) is 2.61. The second-order valence-electron chi connectivity index (χ2n) is 3.70. The van der Waals surface area contributed by atoms with Crippen LogP contribution in [0.5, 0.6) is 0 Å². The summed E-state index contributed by atoms with van der Waals surface area (Å²) in [6.45, 7) is 6.09. The van der Waals surface area contributed by atoms with Crippen molar-refractivity contribution in [2.24, 2.45) is 0 Å². The Morgan fingerprint density at radius 1 is 1.40 bits per heavy atom. The number of benzene rings is 1. The van der Waals surface area contributed by atoms with E-state index >= 15 is 0 Å². The third-order valence-corrected chi connectivity index (χ3v) is 2.61. The van der Waals surface area contributed by atoms with E-state index in [-0.39, 0.29) is 11.9 Å².